The maximum Gasteiger partial charge on any atom is 0.336 e. The van der Waals surface area contributed by atoms with Gasteiger partial charge in [0.2, 0.25) is 11.8 Å². The first-order valence-corrected chi connectivity index (χ1v) is 13.9. The van der Waals surface area contributed by atoms with Crippen LogP contribution in [0.3, 0.4) is 0 Å². The Hall–Kier alpha value is -3.69. The number of benzene rings is 2. The molecule has 2 aromatic carbocycles. The molecule has 3 heterocycles. The van der Waals surface area contributed by atoms with Crippen molar-refractivity contribution in [2.24, 2.45) is 0 Å². The van der Waals surface area contributed by atoms with Crippen LogP contribution in [0, 0.1) is 0 Å². The molecule has 1 atom stereocenters. The Balaban J connectivity index is 1.30. The van der Waals surface area contributed by atoms with Gasteiger partial charge in [-0.2, -0.15) is 0 Å². The lowest BCUT2D eigenvalue weighted by atomic mass is 9.83. The van der Waals surface area contributed by atoms with Gasteiger partial charge >= 0.3 is 5.97 Å². The minimum atomic E-state index is -0.583. The molecule has 9 nitrogen and oxygen atoms in total. The number of nitrogens with zero attached hydrogens (tertiary/aromatic N) is 2. The molecule has 1 unspecified atom stereocenters. The predicted octanol–water partition coefficient (Wildman–Crippen LogP) is 3.78. The second-order valence-electron chi connectivity index (χ2n) is 10.3. The van der Waals surface area contributed by atoms with Gasteiger partial charge in [-0.05, 0) is 37.1 Å². The maximum atomic E-state index is 13.4. The van der Waals surface area contributed by atoms with Crippen molar-refractivity contribution in [3.63, 3.8) is 0 Å². The van der Waals surface area contributed by atoms with Gasteiger partial charge in [0.05, 0.1) is 25.4 Å². The molecule has 9 heteroatoms. The quantitative estimate of drug-likeness (QED) is 0.464. The summed E-state index contributed by atoms with van der Waals surface area (Å²) in [6.45, 7) is 6.12. The zero-order valence-corrected chi connectivity index (χ0v) is 23.1. The molecule has 0 bridgehead atoms. The Kier molecular flexibility index (Phi) is 8.52. The van der Waals surface area contributed by atoms with Crippen LogP contribution in [0.15, 0.2) is 65.9 Å². The van der Waals surface area contributed by atoms with Gasteiger partial charge < -0.3 is 28.7 Å². The lowest BCUT2D eigenvalue weighted by Gasteiger charge is -2.39. The van der Waals surface area contributed by atoms with Crippen LogP contribution in [0.5, 0.6) is 5.75 Å². The second kappa shape index (κ2) is 12.2. The fraction of sp³-hybridized carbons (Fsp3) is 0.452. The lowest BCUT2D eigenvalue weighted by molar-refractivity contribution is -0.187. The van der Waals surface area contributed by atoms with E-state index in [0.717, 1.165) is 11.1 Å². The number of hydrogen-bond donors (Lipinski definition) is 0. The smallest absolute Gasteiger partial charge is 0.336 e. The highest BCUT2D eigenvalue weighted by atomic mass is 16.7. The fourth-order valence-electron chi connectivity index (χ4n) is 5.62. The highest BCUT2D eigenvalue weighted by Crippen LogP contribution is 2.38. The fourth-order valence-corrected chi connectivity index (χ4v) is 5.62. The van der Waals surface area contributed by atoms with Crippen LogP contribution in [0.1, 0.15) is 50.2 Å². The first kappa shape index (κ1) is 27.9. The molecule has 0 radical (unpaired) electrons. The summed E-state index contributed by atoms with van der Waals surface area (Å²) in [5, 5.41) is 0. The first-order valence-electron chi connectivity index (χ1n) is 13.9. The van der Waals surface area contributed by atoms with E-state index in [4.69, 9.17) is 18.9 Å². The van der Waals surface area contributed by atoms with Gasteiger partial charge in [-0.15, -0.1) is 0 Å². The zero-order chi connectivity index (χ0) is 28.1. The van der Waals surface area contributed by atoms with Gasteiger partial charge in [-0.1, -0.05) is 42.5 Å². The minimum Gasteiger partial charge on any atom is -0.489 e. The van der Waals surface area contributed by atoms with Crippen LogP contribution in [0.2, 0.25) is 0 Å². The summed E-state index contributed by atoms with van der Waals surface area (Å²) in [6.07, 6.45) is 1.26. The van der Waals surface area contributed by atoms with E-state index in [1.54, 1.807) is 18.7 Å². The van der Waals surface area contributed by atoms with Crippen molar-refractivity contribution in [2.45, 2.75) is 51.4 Å². The highest BCUT2D eigenvalue weighted by molar-refractivity contribution is 5.97. The van der Waals surface area contributed by atoms with E-state index in [1.807, 2.05) is 54.6 Å². The number of piperidine rings is 1. The van der Waals surface area contributed by atoms with Crippen molar-refractivity contribution < 1.29 is 33.3 Å². The van der Waals surface area contributed by atoms with E-state index >= 15 is 0 Å². The number of ether oxygens (including phenoxy) is 4. The summed E-state index contributed by atoms with van der Waals surface area (Å²) in [6, 6.07) is 17.3. The lowest BCUT2D eigenvalue weighted by Crippen LogP contribution is -2.51. The summed E-state index contributed by atoms with van der Waals surface area (Å²) >= 11 is 0. The molecule has 1 spiro atoms. The van der Waals surface area contributed by atoms with E-state index in [2.05, 4.69) is 0 Å². The van der Waals surface area contributed by atoms with Gasteiger partial charge in [0, 0.05) is 44.0 Å². The van der Waals surface area contributed by atoms with Crippen LogP contribution < -0.4 is 4.74 Å². The van der Waals surface area contributed by atoms with E-state index < -0.39 is 17.7 Å². The summed E-state index contributed by atoms with van der Waals surface area (Å²) < 4.78 is 22.8. The Morgan fingerprint density at radius 3 is 2.33 bits per heavy atom. The number of carbonyl (C=O) groups is 3. The third-order valence-electron chi connectivity index (χ3n) is 7.83. The molecule has 212 valence electrons. The van der Waals surface area contributed by atoms with Crippen molar-refractivity contribution in [3.05, 3.63) is 77.0 Å². The van der Waals surface area contributed by atoms with Crippen LogP contribution in [-0.2, 0) is 35.2 Å². The molecule has 40 heavy (non-hydrogen) atoms. The minimum absolute atomic E-state index is 0.0633. The summed E-state index contributed by atoms with van der Waals surface area (Å²) in [5.74, 6) is -1.22. The molecule has 0 N–H and O–H groups in total. The molecule has 3 aliphatic rings. The molecule has 2 saturated heterocycles. The largest absolute Gasteiger partial charge is 0.489 e. The number of allylic oxidation sites excluding steroid dienone is 1. The third-order valence-corrected chi connectivity index (χ3v) is 7.83. The number of rotatable bonds is 8. The van der Waals surface area contributed by atoms with Crippen molar-refractivity contribution in [1.82, 2.24) is 9.80 Å². The zero-order valence-electron chi connectivity index (χ0n) is 23.1. The third kappa shape index (κ3) is 6.05. The van der Waals surface area contributed by atoms with Gasteiger partial charge in [-0.3, -0.25) is 9.59 Å². The molecule has 3 aliphatic heterocycles. The van der Waals surface area contributed by atoms with E-state index in [9.17, 15) is 14.4 Å². The average Bonchev–Trinajstić information content (AvgIpc) is 3.42. The molecule has 0 saturated carbocycles. The molecule has 2 fully saturated rings. The van der Waals surface area contributed by atoms with Crippen molar-refractivity contribution >= 4 is 17.8 Å². The van der Waals surface area contributed by atoms with Gasteiger partial charge in [-0.25, -0.2) is 4.79 Å². The van der Waals surface area contributed by atoms with Gasteiger partial charge in [0.25, 0.3) is 0 Å². The van der Waals surface area contributed by atoms with Crippen LogP contribution >= 0.6 is 0 Å². The molecular weight excluding hydrogens is 512 g/mol. The normalized spacial score (nSPS) is 20.6. The second-order valence-corrected chi connectivity index (χ2v) is 10.3. The molecule has 2 aromatic rings. The van der Waals surface area contributed by atoms with Crippen LogP contribution in [-0.4, -0.2) is 72.8 Å². The Morgan fingerprint density at radius 2 is 1.68 bits per heavy atom. The number of amides is 2. The van der Waals surface area contributed by atoms with E-state index in [0.29, 0.717) is 62.8 Å². The Morgan fingerprint density at radius 1 is 1.00 bits per heavy atom. The Bertz CT molecular complexity index is 1240. The van der Waals surface area contributed by atoms with Gasteiger partial charge in [0.15, 0.2) is 5.79 Å². The number of likely N-dealkylation sites (tertiary alicyclic amines) is 1. The summed E-state index contributed by atoms with van der Waals surface area (Å²) in [7, 11) is 0. The number of hydrogen-bond acceptors (Lipinski definition) is 7. The molecule has 2 amide bonds. The van der Waals surface area contributed by atoms with E-state index in [-0.39, 0.29) is 31.4 Å². The molecular formula is C31H36N2O7. The van der Waals surface area contributed by atoms with Crippen molar-refractivity contribution in [1.29, 1.82) is 0 Å². The van der Waals surface area contributed by atoms with Crippen molar-refractivity contribution in [2.75, 3.05) is 39.5 Å². The standard InChI is InChI=1S/C31H36N2O7/c1-3-37-30(36)29-22(2)33(20-28(35)32-15-13-31(14-16-32)39-17-18-40-31)27(34)19-26(29)24-9-11-25(12-10-24)38-21-23-7-5-4-6-8-23/h4-12,26H,3,13-21H2,1-2H3. The molecule has 0 aromatic heterocycles. The van der Waals surface area contributed by atoms with Crippen molar-refractivity contribution in [3.8, 4) is 5.75 Å². The summed E-state index contributed by atoms with van der Waals surface area (Å²) in [4.78, 5) is 42.9. The monoisotopic (exact) mass is 548 g/mol. The molecule has 5 rings (SSSR count). The SMILES string of the molecule is CCOC(=O)C1=C(C)N(CC(=O)N2CCC3(CC2)OCCO3)C(=O)CC1c1ccc(OCc2ccccc2)cc1. The number of esters is 1. The number of carbonyl (C=O) groups excluding carboxylic acids is 3. The van der Waals surface area contributed by atoms with Gasteiger partial charge in [0.1, 0.15) is 18.9 Å². The topological polar surface area (TPSA) is 94.6 Å². The van der Waals surface area contributed by atoms with Crippen LogP contribution in [0.25, 0.3) is 0 Å². The van der Waals surface area contributed by atoms with E-state index in [1.165, 1.54) is 4.90 Å². The average molecular weight is 549 g/mol. The highest BCUT2D eigenvalue weighted by Gasteiger charge is 2.42. The maximum absolute atomic E-state index is 13.4. The molecule has 0 aliphatic carbocycles. The predicted molar refractivity (Wildman–Crippen MR) is 146 cm³/mol. The first-order chi connectivity index (χ1) is 19.4. The van der Waals surface area contributed by atoms with Crippen LogP contribution in [0.4, 0.5) is 0 Å². The summed E-state index contributed by atoms with van der Waals surface area (Å²) in [5.41, 5.74) is 2.73. The Labute approximate surface area is 234 Å².